The van der Waals surface area contributed by atoms with Crippen LogP contribution >= 0.6 is 0 Å². The Morgan fingerprint density at radius 3 is 1.75 bits per heavy atom. The lowest BCUT2D eigenvalue weighted by atomic mass is 10.5. The van der Waals surface area contributed by atoms with Crippen LogP contribution in [0.25, 0.3) is 0 Å². The molecule has 0 bridgehead atoms. The van der Waals surface area contributed by atoms with Crippen molar-refractivity contribution >= 4 is 25.4 Å². The van der Waals surface area contributed by atoms with Gasteiger partial charge in [-0.1, -0.05) is 6.92 Å². The molecular formula is C12H33NO4Si3. The van der Waals surface area contributed by atoms with Crippen molar-refractivity contribution < 1.29 is 17.4 Å². The molecule has 5 nitrogen and oxygen atoms in total. The van der Waals surface area contributed by atoms with Gasteiger partial charge in [0.1, 0.15) is 0 Å². The fraction of sp³-hybridized carbons (Fsp3) is 1.00. The van der Waals surface area contributed by atoms with Gasteiger partial charge in [0.15, 0.2) is 16.6 Å². The van der Waals surface area contributed by atoms with Crippen molar-refractivity contribution in [2.45, 2.75) is 50.7 Å². The lowest BCUT2D eigenvalue weighted by Crippen LogP contribution is -2.59. The highest BCUT2D eigenvalue weighted by Gasteiger charge is 2.54. The van der Waals surface area contributed by atoms with Crippen LogP contribution in [0, 0.1) is 0 Å². The van der Waals surface area contributed by atoms with Gasteiger partial charge in [-0.05, 0) is 45.2 Å². The van der Waals surface area contributed by atoms with Gasteiger partial charge in [0, 0.05) is 26.5 Å². The van der Waals surface area contributed by atoms with E-state index in [1.165, 1.54) is 0 Å². The third-order valence-electron chi connectivity index (χ3n) is 3.95. The molecule has 8 heteroatoms. The van der Waals surface area contributed by atoms with Gasteiger partial charge in [0.05, 0.1) is 0 Å². The molecule has 0 aliphatic rings. The Kier molecular flexibility index (Phi) is 8.36. The van der Waals surface area contributed by atoms with Crippen LogP contribution in [0.3, 0.4) is 0 Å². The van der Waals surface area contributed by atoms with Crippen LogP contribution in [0.4, 0.5) is 0 Å². The fourth-order valence-corrected chi connectivity index (χ4v) is 17.0. The first-order valence-corrected chi connectivity index (χ1v) is 15.1. The summed E-state index contributed by atoms with van der Waals surface area (Å²) in [5.74, 6) is 0. The molecule has 0 aromatic rings. The van der Waals surface area contributed by atoms with E-state index in [0.717, 1.165) is 19.0 Å². The zero-order chi connectivity index (χ0) is 16.0. The highest BCUT2D eigenvalue weighted by atomic mass is 28.5. The van der Waals surface area contributed by atoms with Gasteiger partial charge in [-0.2, -0.15) is 0 Å². The molecule has 0 saturated heterocycles. The van der Waals surface area contributed by atoms with Crippen LogP contribution in [0.1, 0.15) is 13.3 Å². The summed E-state index contributed by atoms with van der Waals surface area (Å²) in [7, 11) is -1.35. The van der Waals surface area contributed by atoms with E-state index in [4.69, 9.17) is 23.1 Å². The first-order valence-electron chi connectivity index (χ1n) is 7.16. The summed E-state index contributed by atoms with van der Waals surface area (Å²) in [5.41, 5.74) is 5.62. The van der Waals surface area contributed by atoms with E-state index in [-0.39, 0.29) is 5.16 Å². The zero-order valence-electron chi connectivity index (χ0n) is 14.4. The molecular weight excluding hydrogens is 306 g/mol. The summed E-state index contributed by atoms with van der Waals surface area (Å²) >= 11 is 0. The molecule has 122 valence electrons. The quantitative estimate of drug-likeness (QED) is 0.620. The average Bonchev–Trinajstić information content (AvgIpc) is 2.38. The number of hydrogen-bond donors (Lipinski definition) is 1. The second-order valence-corrected chi connectivity index (χ2v) is 19.1. The molecule has 0 amide bonds. The summed E-state index contributed by atoms with van der Waals surface area (Å²) in [5, 5.41) is 0.180. The van der Waals surface area contributed by atoms with Crippen molar-refractivity contribution in [3.8, 4) is 0 Å². The van der Waals surface area contributed by atoms with Crippen molar-refractivity contribution in [2.24, 2.45) is 5.73 Å². The maximum atomic E-state index is 6.62. The van der Waals surface area contributed by atoms with E-state index < -0.39 is 25.4 Å². The molecule has 0 fully saturated rings. The summed E-state index contributed by atoms with van der Waals surface area (Å²) in [6.07, 6.45) is 1.03. The van der Waals surface area contributed by atoms with Gasteiger partial charge in [0.2, 0.25) is 0 Å². The normalized spacial score (nSPS) is 15.4. The van der Waals surface area contributed by atoms with E-state index >= 15 is 0 Å². The molecule has 0 aromatic heterocycles. The zero-order valence-corrected chi connectivity index (χ0v) is 17.4. The number of hydrogen-bond acceptors (Lipinski definition) is 5. The minimum absolute atomic E-state index is 0.180. The first-order chi connectivity index (χ1) is 9.10. The Morgan fingerprint density at radius 1 is 0.950 bits per heavy atom. The second-order valence-electron chi connectivity index (χ2n) is 6.30. The van der Waals surface area contributed by atoms with Crippen molar-refractivity contribution in [1.82, 2.24) is 0 Å². The Balaban J connectivity index is 5.02. The van der Waals surface area contributed by atoms with Crippen LogP contribution in [0.5, 0.6) is 0 Å². The predicted molar refractivity (Wildman–Crippen MR) is 90.7 cm³/mol. The van der Waals surface area contributed by atoms with Gasteiger partial charge >= 0.3 is 8.80 Å². The number of nitrogens with two attached hydrogens (primary N) is 1. The molecule has 0 saturated carbocycles. The van der Waals surface area contributed by atoms with Crippen LogP contribution in [-0.2, 0) is 17.4 Å². The maximum Gasteiger partial charge on any atom is 0.502 e. The average molecular weight is 340 g/mol. The van der Waals surface area contributed by atoms with Crippen molar-refractivity contribution in [2.75, 3.05) is 27.9 Å². The molecule has 0 aromatic carbocycles. The van der Waals surface area contributed by atoms with E-state index in [0.29, 0.717) is 0 Å². The largest absolute Gasteiger partial charge is 0.502 e. The Morgan fingerprint density at radius 2 is 1.40 bits per heavy atom. The minimum atomic E-state index is -2.65. The Labute approximate surface area is 127 Å². The van der Waals surface area contributed by atoms with Crippen molar-refractivity contribution in [1.29, 1.82) is 0 Å². The van der Waals surface area contributed by atoms with E-state index in [2.05, 4.69) is 33.1 Å². The molecule has 1 unspecified atom stereocenters. The molecule has 0 aliphatic carbocycles. The summed E-state index contributed by atoms with van der Waals surface area (Å²) < 4.78 is 23.5. The van der Waals surface area contributed by atoms with E-state index in [9.17, 15) is 0 Å². The molecule has 0 heterocycles. The van der Waals surface area contributed by atoms with Gasteiger partial charge in [0.25, 0.3) is 0 Å². The third-order valence-corrected chi connectivity index (χ3v) is 17.8. The first kappa shape index (κ1) is 20.5. The summed E-state index contributed by atoms with van der Waals surface area (Å²) in [6, 6.07) is 1.09. The summed E-state index contributed by atoms with van der Waals surface area (Å²) in [4.78, 5) is 0. The Hall–Kier alpha value is 0.451. The molecule has 0 radical (unpaired) electrons. The third kappa shape index (κ3) is 5.34. The molecule has 0 aliphatic heterocycles. The molecule has 20 heavy (non-hydrogen) atoms. The molecule has 1 atom stereocenters. The van der Waals surface area contributed by atoms with E-state index in [1.54, 1.807) is 21.3 Å². The van der Waals surface area contributed by atoms with Crippen LogP contribution in [0.15, 0.2) is 0 Å². The monoisotopic (exact) mass is 339 g/mol. The standard InChI is InChI=1S/C12H33NO4Si3/c1-12(20(14-2,15-3)16-4)19(7,8)17-18(5,6)11-9-10-13/h12H,9-11,13H2,1-8H3. The Bertz CT molecular complexity index is 278. The minimum Gasteiger partial charge on any atom is -0.455 e. The summed E-state index contributed by atoms with van der Waals surface area (Å²) in [6.45, 7) is 11.9. The number of rotatable bonds is 10. The van der Waals surface area contributed by atoms with Gasteiger partial charge in [-0.25, -0.2) is 0 Å². The van der Waals surface area contributed by atoms with Crippen LogP contribution in [-0.4, -0.2) is 53.3 Å². The topological polar surface area (TPSA) is 62.9 Å². The fourth-order valence-electron chi connectivity index (χ4n) is 2.59. The van der Waals surface area contributed by atoms with Gasteiger partial charge < -0.3 is 23.1 Å². The lowest BCUT2D eigenvalue weighted by molar-refractivity contribution is 0.119. The maximum absolute atomic E-state index is 6.62. The van der Waals surface area contributed by atoms with E-state index in [1.807, 2.05) is 0 Å². The van der Waals surface area contributed by atoms with Gasteiger partial charge in [-0.3, -0.25) is 0 Å². The highest BCUT2D eigenvalue weighted by molar-refractivity contribution is 6.93. The smallest absolute Gasteiger partial charge is 0.455 e. The lowest BCUT2D eigenvalue weighted by Gasteiger charge is -2.42. The molecule has 0 spiro atoms. The van der Waals surface area contributed by atoms with Crippen molar-refractivity contribution in [3.05, 3.63) is 0 Å². The molecule has 0 rings (SSSR count). The highest BCUT2D eigenvalue weighted by Crippen LogP contribution is 2.36. The molecule has 2 N–H and O–H groups in total. The van der Waals surface area contributed by atoms with Crippen LogP contribution < -0.4 is 5.73 Å². The predicted octanol–water partition coefficient (Wildman–Crippen LogP) is 2.57. The van der Waals surface area contributed by atoms with Crippen molar-refractivity contribution in [3.63, 3.8) is 0 Å². The van der Waals surface area contributed by atoms with Gasteiger partial charge in [-0.15, -0.1) is 0 Å². The SMILES string of the molecule is CO[Si](OC)(OC)C(C)[Si](C)(C)O[Si](C)(C)CCCN. The van der Waals surface area contributed by atoms with Crippen LogP contribution in [0.2, 0.25) is 37.4 Å². The second kappa shape index (κ2) is 8.18.